The largest absolute Gasteiger partial charge is 0.294 e. The molecule has 2 heterocycles. The van der Waals surface area contributed by atoms with E-state index in [1.807, 2.05) is 26.0 Å². The molecule has 0 unspecified atom stereocenters. The number of hydrogen-bond acceptors (Lipinski definition) is 3. The number of pyridine rings is 1. The third-order valence-corrected chi connectivity index (χ3v) is 3.32. The minimum atomic E-state index is 0.116. The first-order valence-corrected chi connectivity index (χ1v) is 5.28. The van der Waals surface area contributed by atoms with Gasteiger partial charge in [0, 0.05) is 11.1 Å². The Morgan fingerprint density at radius 3 is 2.71 bits per heavy atom. The summed E-state index contributed by atoms with van der Waals surface area (Å²) in [5, 5.41) is 1.10. The van der Waals surface area contributed by atoms with E-state index < -0.39 is 0 Å². The lowest BCUT2D eigenvalue weighted by Crippen LogP contribution is -1.83. The van der Waals surface area contributed by atoms with Gasteiger partial charge in [-0.2, -0.15) is 0 Å². The molecule has 0 bridgehead atoms. The van der Waals surface area contributed by atoms with Crippen LogP contribution in [-0.4, -0.2) is 10.8 Å². The molecular formula is C11H11NOS. The molecule has 0 atom stereocenters. The summed E-state index contributed by atoms with van der Waals surface area (Å²) in [6, 6.07) is 3.98. The number of rotatable bonds is 1. The number of carbonyl (C=O) groups is 1. The number of ketones is 1. The van der Waals surface area contributed by atoms with Gasteiger partial charge in [0.2, 0.25) is 0 Å². The standard InChI is InChI=1S/C11H11NOS/c1-6-4-7(2)12-11-9(6)5-10(14-11)8(3)13/h4-5H,1-3H3. The lowest BCUT2D eigenvalue weighted by atomic mass is 10.2. The molecule has 2 nitrogen and oxygen atoms in total. The van der Waals surface area contributed by atoms with Crippen LogP contribution in [0.15, 0.2) is 12.1 Å². The number of thiophene rings is 1. The predicted molar refractivity (Wildman–Crippen MR) is 59.1 cm³/mol. The first kappa shape index (κ1) is 9.34. The topological polar surface area (TPSA) is 30.0 Å². The minimum absolute atomic E-state index is 0.116. The number of Topliss-reactive ketones (excluding diaryl/α,β-unsaturated/α-hetero) is 1. The predicted octanol–water partition coefficient (Wildman–Crippen LogP) is 3.12. The molecular weight excluding hydrogens is 194 g/mol. The fourth-order valence-corrected chi connectivity index (χ4v) is 2.55. The lowest BCUT2D eigenvalue weighted by molar-refractivity contribution is 0.102. The maximum absolute atomic E-state index is 11.2. The van der Waals surface area contributed by atoms with Gasteiger partial charge in [-0.1, -0.05) is 0 Å². The molecule has 0 radical (unpaired) electrons. The van der Waals surface area contributed by atoms with Crippen molar-refractivity contribution in [2.45, 2.75) is 20.8 Å². The first-order chi connectivity index (χ1) is 6.58. The number of aromatic nitrogens is 1. The molecule has 0 aromatic carbocycles. The first-order valence-electron chi connectivity index (χ1n) is 4.46. The summed E-state index contributed by atoms with van der Waals surface area (Å²) in [7, 11) is 0. The second-order valence-corrected chi connectivity index (χ2v) is 4.50. The Morgan fingerprint density at radius 2 is 2.07 bits per heavy atom. The van der Waals surface area contributed by atoms with Crippen LogP contribution in [0.25, 0.3) is 10.2 Å². The molecule has 0 spiro atoms. The molecule has 2 rings (SSSR count). The fourth-order valence-electron chi connectivity index (χ4n) is 1.50. The number of carbonyl (C=O) groups excluding carboxylic acids is 1. The highest BCUT2D eigenvalue weighted by Crippen LogP contribution is 2.27. The summed E-state index contributed by atoms with van der Waals surface area (Å²) in [6.45, 7) is 5.61. The SMILES string of the molecule is CC(=O)c1cc2c(C)cc(C)nc2s1. The van der Waals surface area contributed by atoms with Crippen molar-refractivity contribution in [2.75, 3.05) is 0 Å². The van der Waals surface area contributed by atoms with Crippen molar-refractivity contribution in [1.82, 2.24) is 4.98 Å². The van der Waals surface area contributed by atoms with Crippen LogP contribution in [-0.2, 0) is 0 Å². The van der Waals surface area contributed by atoms with Crippen molar-refractivity contribution in [3.8, 4) is 0 Å². The molecule has 0 amide bonds. The van der Waals surface area contributed by atoms with Crippen LogP contribution < -0.4 is 0 Å². The van der Waals surface area contributed by atoms with Crippen molar-refractivity contribution >= 4 is 27.3 Å². The quantitative estimate of drug-likeness (QED) is 0.669. The van der Waals surface area contributed by atoms with Crippen LogP contribution in [0, 0.1) is 13.8 Å². The molecule has 0 N–H and O–H groups in total. The van der Waals surface area contributed by atoms with Crippen LogP contribution in [0.5, 0.6) is 0 Å². The Bertz CT molecular complexity index is 513. The molecule has 0 fully saturated rings. The van der Waals surface area contributed by atoms with Crippen molar-refractivity contribution < 1.29 is 4.79 Å². The van der Waals surface area contributed by atoms with Gasteiger partial charge in [0.1, 0.15) is 4.83 Å². The minimum Gasteiger partial charge on any atom is -0.294 e. The molecule has 72 valence electrons. The summed E-state index contributed by atoms with van der Waals surface area (Å²) in [5.74, 6) is 0.116. The highest BCUT2D eigenvalue weighted by atomic mass is 32.1. The summed E-state index contributed by atoms with van der Waals surface area (Å²) in [5.41, 5.74) is 2.20. The third-order valence-electron chi connectivity index (χ3n) is 2.19. The van der Waals surface area contributed by atoms with Crippen molar-refractivity contribution in [3.05, 3.63) is 28.3 Å². The summed E-state index contributed by atoms with van der Waals surface area (Å²) in [4.78, 5) is 17.4. The summed E-state index contributed by atoms with van der Waals surface area (Å²) in [6.07, 6.45) is 0. The molecule has 2 aromatic rings. The van der Waals surface area contributed by atoms with E-state index in [0.717, 1.165) is 20.8 Å². The van der Waals surface area contributed by atoms with Gasteiger partial charge < -0.3 is 0 Å². The second-order valence-electron chi connectivity index (χ2n) is 3.47. The van der Waals surface area contributed by atoms with Gasteiger partial charge >= 0.3 is 0 Å². The molecule has 2 aromatic heterocycles. The number of nitrogens with zero attached hydrogens (tertiary/aromatic N) is 1. The molecule has 0 aliphatic carbocycles. The zero-order valence-electron chi connectivity index (χ0n) is 8.42. The van der Waals surface area contributed by atoms with Crippen LogP contribution in [0.2, 0.25) is 0 Å². The Labute approximate surface area is 86.6 Å². The van der Waals surface area contributed by atoms with Crippen LogP contribution in [0.4, 0.5) is 0 Å². The Balaban J connectivity index is 2.76. The molecule has 0 saturated heterocycles. The molecule has 0 aliphatic heterocycles. The normalized spacial score (nSPS) is 10.8. The van der Waals surface area contributed by atoms with Crippen LogP contribution in [0.1, 0.15) is 27.9 Å². The number of aryl methyl sites for hydroxylation is 2. The van der Waals surface area contributed by atoms with Gasteiger partial charge in [-0.25, -0.2) is 4.98 Å². The van der Waals surface area contributed by atoms with E-state index in [-0.39, 0.29) is 5.78 Å². The van der Waals surface area contributed by atoms with E-state index in [9.17, 15) is 4.79 Å². The van der Waals surface area contributed by atoms with Gasteiger partial charge in [0.25, 0.3) is 0 Å². The smallest absolute Gasteiger partial charge is 0.169 e. The van der Waals surface area contributed by atoms with Crippen LogP contribution in [0.3, 0.4) is 0 Å². The maximum atomic E-state index is 11.2. The van der Waals surface area contributed by atoms with E-state index >= 15 is 0 Å². The average Bonchev–Trinajstić information content (AvgIpc) is 2.47. The number of hydrogen-bond donors (Lipinski definition) is 0. The van der Waals surface area contributed by atoms with E-state index in [1.165, 1.54) is 16.9 Å². The monoisotopic (exact) mass is 205 g/mol. The zero-order valence-corrected chi connectivity index (χ0v) is 9.23. The van der Waals surface area contributed by atoms with Crippen molar-refractivity contribution in [3.63, 3.8) is 0 Å². The summed E-state index contributed by atoms with van der Waals surface area (Å²) < 4.78 is 0. The Kier molecular flexibility index (Phi) is 2.11. The Morgan fingerprint density at radius 1 is 1.36 bits per heavy atom. The maximum Gasteiger partial charge on any atom is 0.169 e. The van der Waals surface area contributed by atoms with Crippen molar-refractivity contribution in [1.29, 1.82) is 0 Å². The van der Waals surface area contributed by atoms with Gasteiger partial charge in [-0.05, 0) is 38.5 Å². The molecule has 3 heteroatoms. The zero-order chi connectivity index (χ0) is 10.3. The second kappa shape index (κ2) is 3.17. The Hall–Kier alpha value is -1.22. The molecule has 0 saturated carbocycles. The highest BCUT2D eigenvalue weighted by molar-refractivity contribution is 7.20. The van der Waals surface area contributed by atoms with E-state index in [1.54, 1.807) is 6.92 Å². The molecule has 0 aliphatic rings. The van der Waals surface area contributed by atoms with Gasteiger partial charge in [0.15, 0.2) is 5.78 Å². The van der Waals surface area contributed by atoms with Crippen LogP contribution >= 0.6 is 11.3 Å². The van der Waals surface area contributed by atoms with Gasteiger partial charge in [-0.3, -0.25) is 4.79 Å². The highest BCUT2D eigenvalue weighted by Gasteiger charge is 2.08. The average molecular weight is 205 g/mol. The van der Waals surface area contributed by atoms with Gasteiger partial charge in [-0.15, -0.1) is 11.3 Å². The number of fused-ring (bicyclic) bond motifs is 1. The lowest BCUT2D eigenvalue weighted by Gasteiger charge is -1.96. The third kappa shape index (κ3) is 1.44. The van der Waals surface area contributed by atoms with E-state index in [0.29, 0.717) is 0 Å². The molecule has 14 heavy (non-hydrogen) atoms. The summed E-state index contributed by atoms with van der Waals surface area (Å²) >= 11 is 1.47. The van der Waals surface area contributed by atoms with E-state index in [2.05, 4.69) is 4.98 Å². The van der Waals surface area contributed by atoms with E-state index in [4.69, 9.17) is 0 Å². The van der Waals surface area contributed by atoms with Gasteiger partial charge in [0.05, 0.1) is 4.88 Å². The fraction of sp³-hybridized carbons (Fsp3) is 0.273. The van der Waals surface area contributed by atoms with Crippen molar-refractivity contribution in [2.24, 2.45) is 0 Å².